The summed E-state index contributed by atoms with van der Waals surface area (Å²) in [5, 5.41) is 6.96. The standard InChI is InChI=1S/C15H17ClN4O2.HI/c1-18-15(19-8-10-2-4-11(16)5-3-10)20-9-12-6-7-13(22-12)14(17)21;/h2-7H,8-9H2,1H3,(H2,17,21)(H2,18,19,20);1H. The van der Waals surface area contributed by atoms with Gasteiger partial charge in [-0.1, -0.05) is 23.7 Å². The summed E-state index contributed by atoms with van der Waals surface area (Å²) in [7, 11) is 1.67. The summed E-state index contributed by atoms with van der Waals surface area (Å²) in [6, 6.07) is 10.8. The van der Waals surface area contributed by atoms with Crippen molar-refractivity contribution < 1.29 is 9.21 Å². The quantitative estimate of drug-likeness (QED) is 0.372. The Balaban J connectivity index is 0.00000264. The lowest BCUT2D eigenvalue weighted by Crippen LogP contribution is -2.36. The Morgan fingerprint density at radius 3 is 2.39 bits per heavy atom. The maximum absolute atomic E-state index is 11.0. The van der Waals surface area contributed by atoms with Crippen molar-refractivity contribution in [1.82, 2.24) is 10.6 Å². The molecule has 1 aromatic carbocycles. The molecule has 1 aromatic heterocycles. The Labute approximate surface area is 156 Å². The molecule has 2 rings (SSSR count). The van der Waals surface area contributed by atoms with Crippen LogP contribution in [0.5, 0.6) is 0 Å². The SMILES string of the molecule is CN=C(NCc1ccc(Cl)cc1)NCc1ccc(C(N)=O)o1.I. The molecule has 0 radical (unpaired) electrons. The Morgan fingerprint density at radius 2 is 1.83 bits per heavy atom. The van der Waals surface area contributed by atoms with Gasteiger partial charge in [0.2, 0.25) is 0 Å². The van der Waals surface area contributed by atoms with Gasteiger partial charge >= 0.3 is 0 Å². The first-order valence-corrected chi connectivity index (χ1v) is 7.04. The number of carbonyl (C=O) groups excluding carboxylic acids is 1. The van der Waals surface area contributed by atoms with Gasteiger partial charge < -0.3 is 20.8 Å². The molecular formula is C15H18ClIN4O2. The minimum Gasteiger partial charge on any atom is -0.454 e. The van der Waals surface area contributed by atoms with E-state index in [9.17, 15) is 4.79 Å². The highest BCUT2D eigenvalue weighted by atomic mass is 127. The highest BCUT2D eigenvalue weighted by Crippen LogP contribution is 2.09. The van der Waals surface area contributed by atoms with E-state index >= 15 is 0 Å². The van der Waals surface area contributed by atoms with Crippen molar-refractivity contribution in [3.8, 4) is 0 Å². The number of furan rings is 1. The van der Waals surface area contributed by atoms with Crippen LogP contribution in [0.25, 0.3) is 0 Å². The Morgan fingerprint density at radius 1 is 1.17 bits per heavy atom. The number of nitrogens with one attached hydrogen (secondary N) is 2. The molecule has 0 saturated heterocycles. The number of nitrogens with zero attached hydrogens (tertiary/aromatic N) is 1. The molecule has 0 bridgehead atoms. The predicted octanol–water partition coefficient (Wildman–Crippen LogP) is 2.52. The van der Waals surface area contributed by atoms with Crippen molar-refractivity contribution >= 4 is 47.4 Å². The van der Waals surface area contributed by atoms with Crippen LogP contribution in [0.1, 0.15) is 21.9 Å². The second-order valence-corrected chi connectivity index (χ2v) is 4.97. The molecule has 23 heavy (non-hydrogen) atoms. The average Bonchev–Trinajstić information content (AvgIpc) is 2.98. The largest absolute Gasteiger partial charge is 0.454 e. The van der Waals surface area contributed by atoms with Crippen LogP contribution in [0.3, 0.4) is 0 Å². The minimum absolute atomic E-state index is 0. The summed E-state index contributed by atoms with van der Waals surface area (Å²) in [5.41, 5.74) is 6.22. The van der Waals surface area contributed by atoms with Crippen molar-refractivity contribution in [1.29, 1.82) is 0 Å². The summed E-state index contributed by atoms with van der Waals surface area (Å²) in [5.74, 6) is 0.771. The zero-order valence-corrected chi connectivity index (χ0v) is 15.6. The Kier molecular flexibility index (Phi) is 7.90. The molecule has 8 heteroatoms. The summed E-state index contributed by atoms with van der Waals surface area (Å²) in [6.45, 7) is 1.01. The predicted molar refractivity (Wildman–Crippen MR) is 101 cm³/mol. The molecule has 0 atom stereocenters. The van der Waals surface area contributed by atoms with Gasteiger partial charge in [-0.25, -0.2) is 0 Å². The normalized spacial score (nSPS) is 10.8. The summed E-state index contributed by atoms with van der Waals surface area (Å²) in [4.78, 5) is 15.1. The first kappa shape index (κ1) is 19.3. The fourth-order valence-corrected chi connectivity index (χ4v) is 1.91. The second kappa shape index (κ2) is 9.41. The van der Waals surface area contributed by atoms with E-state index in [2.05, 4.69) is 15.6 Å². The minimum atomic E-state index is -0.587. The fraction of sp³-hybridized carbons (Fsp3) is 0.200. The summed E-state index contributed by atoms with van der Waals surface area (Å²) < 4.78 is 5.28. The van der Waals surface area contributed by atoms with Gasteiger partial charge in [0.1, 0.15) is 5.76 Å². The molecule has 1 amide bonds. The number of benzene rings is 1. The number of amides is 1. The molecule has 0 aliphatic heterocycles. The topological polar surface area (TPSA) is 92.6 Å². The van der Waals surface area contributed by atoms with Gasteiger partial charge in [0.05, 0.1) is 6.54 Å². The molecule has 1 heterocycles. The number of halogens is 2. The van der Waals surface area contributed by atoms with Gasteiger partial charge in [0.25, 0.3) is 5.91 Å². The first-order chi connectivity index (χ1) is 10.6. The monoisotopic (exact) mass is 448 g/mol. The Hall–Kier alpha value is -1.74. The molecule has 4 N–H and O–H groups in total. The highest BCUT2D eigenvalue weighted by molar-refractivity contribution is 14.0. The van der Waals surface area contributed by atoms with Crippen LogP contribution in [-0.2, 0) is 13.1 Å². The van der Waals surface area contributed by atoms with E-state index in [1.165, 1.54) is 0 Å². The second-order valence-electron chi connectivity index (χ2n) is 4.54. The number of carbonyl (C=O) groups is 1. The van der Waals surface area contributed by atoms with Crippen LogP contribution in [0.15, 0.2) is 45.8 Å². The summed E-state index contributed by atoms with van der Waals surface area (Å²) in [6.07, 6.45) is 0. The smallest absolute Gasteiger partial charge is 0.284 e. The van der Waals surface area contributed by atoms with Crippen LogP contribution in [0.4, 0.5) is 0 Å². The van der Waals surface area contributed by atoms with Gasteiger partial charge in [-0.15, -0.1) is 24.0 Å². The molecule has 124 valence electrons. The number of nitrogens with two attached hydrogens (primary N) is 1. The van der Waals surface area contributed by atoms with E-state index in [0.29, 0.717) is 29.8 Å². The van der Waals surface area contributed by atoms with E-state index in [1.54, 1.807) is 19.2 Å². The number of rotatable bonds is 5. The van der Waals surface area contributed by atoms with Gasteiger partial charge in [0.15, 0.2) is 11.7 Å². The maximum atomic E-state index is 11.0. The van der Waals surface area contributed by atoms with Crippen molar-refractivity contribution in [3.05, 3.63) is 58.5 Å². The molecule has 0 fully saturated rings. The van der Waals surface area contributed by atoms with Crippen LogP contribution in [0.2, 0.25) is 5.02 Å². The van der Waals surface area contributed by atoms with Gasteiger partial charge in [-0.2, -0.15) is 0 Å². The van der Waals surface area contributed by atoms with Crippen LogP contribution < -0.4 is 16.4 Å². The zero-order chi connectivity index (χ0) is 15.9. The lowest BCUT2D eigenvalue weighted by atomic mass is 10.2. The summed E-state index contributed by atoms with van der Waals surface area (Å²) >= 11 is 5.84. The van der Waals surface area contributed by atoms with Crippen LogP contribution >= 0.6 is 35.6 Å². The van der Waals surface area contributed by atoms with Crippen molar-refractivity contribution in [2.24, 2.45) is 10.7 Å². The third kappa shape index (κ3) is 6.11. The van der Waals surface area contributed by atoms with Crippen molar-refractivity contribution in [3.63, 3.8) is 0 Å². The fourth-order valence-electron chi connectivity index (χ4n) is 1.78. The zero-order valence-electron chi connectivity index (χ0n) is 12.5. The third-order valence-electron chi connectivity index (χ3n) is 2.93. The molecule has 0 aliphatic carbocycles. The lowest BCUT2D eigenvalue weighted by molar-refractivity contribution is 0.0972. The van der Waals surface area contributed by atoms with Crippen molar-refractivity contribution in [2.75, 3.05) is 7.05 Å². The maximum Gasteiger partial charge on any atom is 0.284 e. The van der Waals surface area contributed by atoms with Gasteiger partial charge in [-0.3, -0.25) is 9.79 Å². The number of primary amides is 1. The molecule has 0 saturated carbocycles. The Bertz CT molecular complexity index is 670. The molecule has 6 nitrogen and oxygen atoms in total. The van der Waals surface area contributed by atoms with Crippen LogP contribution in [0, 0.1) is 0 Å². The lowest BCUT2D eigenvalue weighted by Gasteiger charge is -2.11. The first-order valence-electron chi connectivity index (χ1n) is 6.66. The van der Waals surface area contributed by atoms with E-state index in [0.717, 1.165) is 5.56 Å². The number of aliphatic imine (C=N–C) groups is 1. The molecular weight excluding hydrogens is 431 g/mol. The van der Waals surface area contributed by atoms with Gasteiger partial charge in [-0.05, 0) is 29.8 Å². The highest BCUT2D eigenvalue weighted by Gasteiger charge is 2.07. The average molecular weight is 449 g/mol. The number of hydrogen-bond acceptors (Lipinski definition) is 3. The number of hydrogen-bond donors (Lipinski definition) is 3. The van der Waals surface area contributed by atoms with E-state index in [-0.39, 0.29) is 29.7 Å². The van der Waals surface area contributed by atoms with E-state index in [1.807, 2.05) is 24.3 Å². The van der Waals surface area contributed by atoms with Crippen LogP contribution in [-0.4, -0.2) is 18.9 Å². The molecule has 0 aliphatic rings. The van der Waals surface area contributed by atoms with Gasteiger partial charge in [0, 0.05) is 18.6 Å². The molecule has 0 unspecified atom stereocenters. The third-order valence-corrected chi connectivity index (χ3v) is 3.18. The number of guanidine groups is 1. The molecule has 0 spiro atoms. The van der Waals surface area contributed by atoms with E-state index in [4.69, 9.17) is 21.8 Å². The van der Waals surface area contributed by atoms with E-state index < -0.39 is 5.91 Å². The van der Waals surface area contributed by atoms with Crippen molar-refractivity contribution in [2.45, 2.75) is 13.1 Å². The molecule has 2 aromatic rings.